The number of carbonyl (C=O) groups excluding carboxylic acids is 1. The molecular formula is C16H18N2OS. The zero-order chi connectivity index (χ0) is 13.9. The van der Waals surface area contributed by atoms with Crippen LogP contribution in [-0.4, -0.2) is 5.91 Å². The van der Waals surface area contributed by atoms with Crippen LogP contribution in [0.3, 0.4) is 0 Å². The van der Waals surface area contributed by atoms with Gasteiger partial charge in [-0.15, -0.1) is 11.3 Å². The SMILES string of the molecule is NC(=O)c1cccc(CNC2CCCc3sccc32)c1. The van der Waals surface area contributed by atoms with Gasteiger partial charge in [-0.2, -0.15) is 0 Å². The average molecular weight is 286 g/mol. The molecule has 104 valence electrons. The summed E-state index contributed by atoms with van der Waals surface area (Å²) in [5.41, 5.74) is 8.44. The van der Waals surface area contributed by atoms with Crippen LogP contribution in [0.2, 0.25) is 0 Å². The minimum atomic E-state index is -0.371. The first-order chi connectivity index (χ1) is 9.74. The number of aryl methyl sites for hydroxylation is 1. The Morgan fingerprint density at radius 2 is 2.30 bits per heavy atom. The molecule has 4 heteroatoms. The summed E-state index contributed by atoms with van der Waals surface area (Å²) in [6, 6.07) is 10.2. The van der Waals surface area contributed by atoms with Crippen molar-refractivity contribution in [3.8, 4) is 0 Å². The first-order valence-corrected chi connectivity index (χ1v) is 7.80. The first-order valence-electron chi connectivity index (χ1n) is 6.92. The number of hydrogen-bond donors (Lipinski definition) is 2. The zero-order valence-corrected chi connectivity index (χ0v) is 12.1. The van der Waals surface area contributed by atoms with Crippen molar-refractivity contribution in [2.24, 2.45) is 5.73 Å². The standard InChI is InChI=1S/C16H18N2OS/c17-16(19)12-4-1-3-11(9-12)10-18-14-5-2-6-15-13(14)7-8-20-15/h1,3-4,7-9,14,18H,2,5-6,10H2,(H2,17,19). The van der Waals surface area contributed by atoms with Crippen molar-refractivity contribution < 1.29 is 4.79 Å². The van der Waals surface area contributed by atoms with Gasteiger partial charge in [-0.3, -0.25) is 4.79 Å². The van der Waals surface area contributed by atoms with Crippen LogP contribution in [0.5, 0.6) is 0 Å². The maximum absolute atomic E-state index is 11.2. The normalized spacial score (nSPS) is 17.7. The molecule has 3 N–H and O–H groups in total. The summed E-state index contributed by atoms with van der Waals surface area (Å²) in [5, 5.41) is 5.78. The molecule has 1 aromatic heterocycles. The molecule has 20 heavy (non-hydrogen) atoms. The van der Waals surface area contributed by atoms with Crippen molar-refractivity contribution in [3.63, 3.8) is 0 Å². The minimum absolute atomic E-state index is 0.371. The van der Waals surface area contributed by atoms with Gasteiger partial charge in [-0.05, 0) is 54.0 Å². The van der Waals surface area contributed by atoms with Crippen molar-refractivity contribution in [1.29, 1.82) is 0 Å². The predicted octanol–water partition coefficient (Wildman–Crippen LogP) is 3.01. The molecule has 0 radical (unpaired) electrons. The molecule has 1 heterocycles. The largest absolute Gasteiger partial charge is 0.366 e. The molecule has 1 atom stereocenters. The summed E-state index contributed by atoms with van der Waals surface area (Å²) in [5.74, 6) is -0.371. The molecule has 1 unspecified atom stereocenters. The van der Waals surface area contributed by atoms with E-state index in [0.29, 0.717) is 11.6 Å². The second-order valence-electron chi connectivity index (χ2n) is 5.19. The van der Waals surface area contributed by atoms with E-state index < -0.39 is 0 Å². The van der Waals surface area contributed by atoms with E-state index in [1.165, 1.54) is 29.7 Å². The van der Waals surface area contributed by atoms with Crippen LogP contribution < -0.4 is 11.1 Å². The van der Waals surface area contributed by atoms with Crippen LogP contribution in [0.1, 0.15) is 45.2 Å². The molecule has 1 aromatic carbocycles. The predicted molar refractivity (Wildman–Crippen MR) is 81.8 cm³/mol. The quantitative estimate of drug-likeness (QED) is 0.907. The van der Waals surface area contributed by atoms with Crippen molar-refractivity contribution >= 4 is 17.2 Å². The summed E-state index contributed by atoms with van der Waals surface area (Å²) >= 11 is 1.86. The van der Waals surface area contributed by atoms with Crippen LogP contribution in [0.15, 0.2) is 35.7 Å². The molecule has 0 saturated carbocycles. The Balaban J connectivity index is 1.69. The first kappa shape index (κ1) is 13.3. The maximum atomic E-state index is 11.2. The minimum Gasteiger partial charge on any atom is -0.366 e. The molecule has 0 saturated heterocycles. The Labute approximate surface area is 122 Å². The third-order valence-corrected chi connectivity index (χ3v) is 4.81. The summed E-state index contributed by atoms with van der Waals surface area (Å²) in [4.78, 5) is 12.7. The van der Waals surface area contributed by atoms with Crippen LogP contribution in [0.25, 0.3) is 0 Å². The Hall–Kier alpha value is -1.65. The van der Waals surface area contributed by atoms with Crippen molar-refractivity contribution in [1.82, 2.24) is 5.32 Å². The molecule has 2 aromatic rings. The molecule has 1 aliphatic rings. The van der Waals surface area contributed by atoms with Crippen molar-refractivity contribution in [2.45, 2.75) is 31.8 Å². The summed E-state index contributed by atoms with van der Waals surface area (Å²) in [6.07, 6.45) is 3.63. The number of benzene rings is 1. The van der Waals surface area contributed by atoms with Crippen molar-refractivity contribution in [2.75, 3.05) is 0 Å². The molecule has 1 aliphatic carbocycles. The van der Waals surface area contributed by atoms with Gasteiger partial charge in [-0.1, -0.05) is 12.1 Å². The van der Waals surface area contributed by atoms with Crippen LogP contribution >= 0.6 is 11.3 Å². The van der Waals surface area contributed by atoms with Gasteiger partial charge in [0.1, 0.15) is 0 Å². The van der Waals surface area contributed by atoms with Gasteiger partial charge in [0, 0.05) is 23.0 Å². The third kappa shape index (κ3) is 2.76. The number of rotatable bonds is 4. The Morgan fingerprint density at radius 3 is 3.15 bits per heavy atom. The van der Waals surface area contributed by atoms with Gasteiger partial charge in [0.15, 0.2) is 0 Å². The highest BCUT2D eigenvalue weighted by atomic mass is 32.1. The maximum Gasteiger partial charge on any atom is 0.248 e. The number of nitrogens with two attached hydrogens (primary N) is 1. The number of nitrogens with one attached hydrogen (secondary N) is 1. The third-order valence-electron chi connectivity index (χ3n) is 3.82. The number of amides is 1. The summed E-state index contributed by atoms with van der Waals surface area (Å²) in [7, 11) is 0. The molecule has 3 nitrogen and oxygen atoms in total. The van der Waals surface area contributed by atoms with Gasteiger partial charge >= 0.3 is 0 Å². The highest BCUT2D eigenvalue weighted by Crippen LogP contribution is 2.33. The lowest BCUT2D eigenvalue weighted by Gasteiger charge is -2.24. The summed E-state index contributed by atoms with van der Waals surface area (Å²) < 4.78 is 0. The van der Waals surface area contributed by atoms with Gasteiger partial charge in [0.05, 0.1) is 0 Å². The molecule has 0 spiro atoms. The molecule has 0 bridgehead atoms. The van der Waals surface area contributed by atoms with E-state index in [4.69, 9.17) is 5.73 Å². The zero-order valence-electron chi connectivity index (χ0n) is 11.3. The fourth-order valence-corrected chi connectivity index (χ4v) is 3.76. The average Bonchev–Trinajstić information content (AvgIpc) is 2.94. The number of carbonyl (C=O) groups is 1. The monoisotopic (exact) mass is 286 g/mol. The highest BCUT2D eigenvalue weighted by molar-refractivity contribution is 7.10. The highest BCUT2D eigenvalue weighted by Gasteiger charge is 2.20. The second-order valence-corrected chi connectivity index (χ2v) is 6.19. The topological polar surface area (TPSA) is 55.1 Å². The summed E-state index contributed by atoms with van der Waals surface area (Å²) in [6.45, 7) is 0.765. The van der Waals surface area contributed by atoms with E-state index in [9.17, 15) is 4.79 Å². The van der Waals surface area contributed by atoms with Crippen LogP contribution in [-0.2, 0) is 13.0 Å². The Bertz CT molecular complexity index is 620. The van der Waals surface area contributed by atoms with E-state index in [0.717, 1.165) is 12.1 Å². The molecular weight excluding hydrogens is 268 g/mol. The Kier molecular flexibility index (Phi) is 3.85. The number of fused-ring (bicyclic) bond motifs is 1. The van der Waals surface area contributed by atoms with E-state index in [1.807, 2.05) is 29.5 Å². The molecule has 0 aliphatic heterocycles. The van der Waals surface area contributed by atoms with E-state index in [1.54, 1.807) is 6.07 Å². The fraction of sp³-hybridized carbons (Fsp3) is 0.312. The Morgan fingerprint density at radius 1 is 1.40 bits per heavy atom. The van der Waals surface area contributed by atoms with Gasteiger partial charge in [0.2, 0.25) is 5.91 Å². The number of thiophene rings is 1. The molecule has 1 amide bonds. The molecule has 3 rings (SSSR count). The van der Waals surface area contributed by atoms with Crippen LogP contribution in [0.4, 0.5) is 0 Å². The van der Waals surface area contributed by atoms with Gasteiger partial charge in [0.25, 0.3) is 0 Å². The van der Waals surface area contributed by atoms with Crippen LogP contribution in [0, 0.1) is 0 Å². The van der Waals surface area contributed by atoms with Gasteiger partial charge < -0.3 is 11.1 Å². The number of primary amides is 1. The number of hydrogen-bond acceptors (Lipinski definition) is 3. The van der Waals surface area contributed by atoms with Gasteiger partial charge in [-0.25, -0.2) is 0 Å². The van der Waals surface area contributed by atoms with E-state index >= 15 is 0 Å². The lowest BCUT2D eigenvalue weighted by molar-refractivity contribution is 0.1000. The molecule has 0 fully saturated rings. The fourth-order valence-electron chi connectivity index (χ4n) is 2.77. The lowest BCUT2D eigenvalue weighted by Crippen LogP contribution is -2.24. The second kappa shape index (κ2) is 5.77. The smallest absolute Gasteiger partial charge is 0.248 e. The van der Waals surface area contributed by atoms with E-state index in [-0.39, 0.29) is 5.91 Å². The van der Waals surface area contributed by atoms with Crippen molar-refractivity contribution in [3.05, 3.63) is 57.3 Å². The van der Waals surface area contributed by atoms with E-state index in [2.05, 4.69) is 16.8 Å². The lowest BCUT2D eigenvalue weighted by atomic mass is 9.94.